The van der Waals surface area contributed by atoms with Crippen molar-refractivity contribution in [1.82, 2.24) is 24.9 Å². The number of rotatable bonds is 5. The highest BCUT2D eigenvalue weighted by atomic mass is 15.3. The van der Waals surface area contributed by atoms with Gasteiger partial charge in [-0.1, -0.05) is 0 Å². The summed E-state index contributed by atoms with van der Waals surface area (Å²) in [6.45, 7) is 14.4. The van der Waals surface area contributed by atoms with Crippen molar-refractivity contribution in [2.45, 2.75) is 66.2 Å². The molecule has 0 aliphatic heterocycles. The summed E-state index contributed by atoms with van der Waals surface area (Å²) in [7, 11) is 0. The predicted molar refractivity (Wildman–Crippen MR) is 85.3 cm³/mol. The Labute approximate surface area is 127 Å². The molecule has 0 saturated carbocycles. The quantitative estimate of drug-likeness (QED) is 0.920. The van der Waals surface area contributed by atoms with Crippen LogP contribution < -0.4 is 5.32 Å². The van der Waals surface area contributed by atoms with Gasteiger partial charge in [0.2, 0.25) is 0 Å². The molecule has 116 valence electrons. The van der Waals surface area contributed by atoms with Gasteiger partial charge in [0.05, 0.1) is 17.9 Å². The molecule has 0 aliphatic carbocycles. The molecule has 0 fully saturated rings. The summed E-state index contributed by atoms with van der Waals surface area (Å²) in [5.74, 6) is 0. The molecule has 0 aliphatic rings. The Kier molecular flexibility index (Phi) is 4.52. The topological polar surface area (TPSA) is 47.7 Å². The van der Waals surface area contributed by atoms with Crippen LogP contribution in [0.4, 0.5) is 0 Å². The molecule has 2 aromatic heterocycles. The monoisotopic (exact) mass is 289 g/mol. The van der Waals surface area contributed by atoms with Gasteiger partial charge in [-0.3, -0.25) is 9.36 Å². The van der Waals surface area contributed by atoms with Crippen molar-refractivity contribution in [3.8, 4) is 0 Å². The van der Waals surface area contributed by atoms with Gasteiger partial charge < -0.3 is 5.32 Å². The van der Waals surface area contributed by atoms with E-state index in [4.69, 9.17) is 0 Å². The van der Waals surface area contributed by atoms with Gasteiger partial charge >= 0.3 is 0 Å². The molecule has 0 unspecified atom stereocenters. The summed E-state index contributed by atoms with van der Waals surface area (Å²) in [5, 5.41) is 12.7. The zero-order valence-electron chi connectivity index (χ0n) is 14.0. The van der Waals surface area contributed by atoms with Crippen LogP contribution in [-0.4, -0.2) is 25.1 Å². The van der Waals surface area contributed by atoms with Crippen molar-refractivity contribution in [3.63, 3.8) is 0 Å². The molecule has 5 heteroatoms. The van der Waals surface area contributed by atoms with Crippen molar-refractivity contribution in [2.24, 2.45) is 0 Å². The number of aromatic nitrogens is 4. The van der Waals surface area contributed by atoms with Gasteiger partial charge in [0.1, 0.15) is 0 Å². The predicted octanol–water partition coefficient (Wildman–Crippen LogP) is 2.91. The zero-order valence-corrected chi connectivity index (χ0v) is 14.0. The lowest BCUT2D eigenvalue weighted by Crippen LogP contribution is -2.35. The first-order valence-electron chi connectivity index (χ1n) is 7.56. The first kappa shape index (κ1) is 15.8. The first-order chi connectivity index (χ1) is 9.74. The van der Waals surface area contributed by atoms with Crippen molar-refractivity contribution in [3.05, 3.63) is 35.4 Å². The Morgan fingerprint density at radius 1 is 1.24 bits per heavy atom. The molecule has 2 rings (SSSR count). The van der Waals surface area contributed by atoms with E-state index < -0.39 is 0 Å². The SMILES string of the molecule is Cc1nn(Cc2ccn(C(C)C)n2)cc1CNC(C)(C)C. The lowest BCUT2D eigenvalue weighted by atomic mass is 10.1. The maximum atomic E-state index is 4.59. The summed E-state index contributed by atoms with van der Waals surface area (Å²) in [4.78, 5) is 0. The molecular weight excluding hydrogens is 262 g/mol. The standard InChI is InChI=1S/C16H27N5/c1-12(2)21-8-7-15(19-21)11-20-10-14(13(3)18-20)9-17-16(4,5)6/h7-8,10,12,17H,9,11H2,1-6H3. The molecule has 2 heterocycles. The summed E-state index contributed by atoms with van der Waals surface area (Å²) in [5.41, 5.74) is 3.48. The fraction of sp³-hybridized carbons (Fsp3) is 0.625. The highest BCUT2D eigenvalue weighted by Crippen LogP contribution is 2.10. The Morgan fingerprint density at radius 3 is 2.52 bits per heavy atom. The van der Waals surface area contributed by atoms with E-state index in [9.17, 15) is 0 Å². The summed E-state index contributed by atoms with van der Waals surface area (Å²) >= 11 is 0. The van der Waals surface area contributed by atoms with Crippen LogP contribution in [0.3, 0.4) is 0 Å². The molecule has 0 amide bonds. The maximum absolute atomic E-state index is 4.59. The van der Waals surface area contributed by atoms with E-state index in [1.165, 1.54) is 5.56 Å². The van der Waals surface area contributed by atoms with E-state index in [-0.39, 0.29) is 5.54 Å². The Balaban J connectivity index is 2.04. The first-order valence-corrected chi connectivity index (χ1v) is 7.56. The summed E-state index contributed by atoms with van der Waals surface area (Å²) in [6.07, 6.45) is 4.14. The number of hydrogen-bond donors (Lipinski definition) is 1. The molecule has 21 heavy (non-hydrogen) atoms. The van der Waals surface area contributed by atoms with Crippen molar-refractivity contribution in [2.75, 3.05) is 0 Å². The second kappa shape index (κ2) is 6.02. The van der Waals surface area contributed by atoms with Crippen LogP contribution in [0.5, 0.6) is 0 Å². The average molecular weight is 289 g/mol. The van der Waals surface area contributed by atoms with Crippen molar-refractivity contribution < 1.29 is 0 Å². The number of nitrogens with zero attached hydrogens (tertiary/aromatic N) is 4. The van der Waals surface area contributed by atoms with Gasteiger partial charge in [-0.15, -0.1) is 0 Å². The number of hydrogen-bond acceptors (Lipinski definition) is 3. The third-order valence-corrected chi connectivity index (χ3v) is 3.37. The second-order valence-corrected chi connectivity index (χ2v) is 6.92. The van der Waals surface area contributed by atoms with Gasteiger partial charge in [-0.2, -0.15) is 10.2 Å². The Bertz CT molecular complexity index is 586. The Hall–Kier alpha value is -1.62. The van der Waals surface area contributed by atoms with Gasteiger partial charge in [-0.25, -0.2) is 0 Å². The molecule has 5 nitrogen and oxygen atoms in total. The lowest BCUT2D eigenvalue weighted by molar-refractivity contribution is 0.423. The van der Waals surface area contributed by atoms with Gasteiger partial charge in [0, 0.05) is 36.1 Å². The van der Waals surface area contributed by atoms with E-state index >= 15 is 0 Å². The minimum atomic E-state index is 0.116. The van der Waals surface area contributed by atoms with Crippen LogP contribution in [0.15, 0.2) is 18.5 Å². The number of aryl methyl sites for hydroxylation is 1. The van der Waals surface area contributed by atoms with Crippen LogP contribution in [0.1, 0.15) is 57.6 Å². The van der Waals surface area contributed by atoms with E-state index in [0.717, 1.165) is 24.5 Å². The van der Waals surface area contributed by atoms with Crippen molar-refractivity contribution >= 4 is 0 Å². The highest BCUT2D eigenvalue weighted by molar-refractivity contribution is 5.16. The minimum Gasteiger partial charge on any atom is -0.308 e. The normalized spacial score (nSPS) is 12.3. The molecular formula is C16H27N5. The molecule has 0 spiro atoms. The molecule has 0 saturated heterocycles. The maximum Gasteiger partial charge on any atom is 0.0850 e. The van der Waals surface area contributed by atoms with E-state index in [0.29, 0.717) is 6.04 Å². The van der Waals surface area contributed by atoms with Crippen LogP contribution >= 0.6 is 0 Å². The molecule has 0 aromatic carbocycles. The average Bonchev–Trinajstić information content (AvgIpc) is 2.93. The fourth-order valence-corrected chi connectivity index (χ4v) is 2.09. The smallest absolute Gasteiger partial charge is 0.0850 e. The third-order valence-electron chi connectivity index (χ3n) is 3.37. The van der Waals surface area contributed by atoms with E-state index in [2.05, 4.69) is 69.3 Å². The highest BCUT2D eigenvalue weighted by Gasteiger charge is 2.12. The third kappa shape index (κ3) is 4.43. The molecule has 1 N–H and O–H groups in total. The molecule has 2 aromatic rings. The van der Waals surface area contributed by atoms with Crippen LogP contribution in [0.2, 0.25) is 0 Å². The van der Waals surface area contributed by atoms with Crippen molar-refractivity contribution in [1.29, 1.82) is 0 Å². The van der Waals surface area contributed by atoms with Gasteiger partial charge in [0.25, 0.3) is 0 Å². The number of nitrogens with one attached hydrogen (secondary N) is 1. The molecule has 0 atom stereocenters. The van der Waals surface area contributed by atoms with Crippen LogP contribution in [0.25, 0.3) is 0 Å². The molecule has 0 radical (unpaired) electrons. The van der Waals surface area contributed by atoms with E-state index in [1.54, 1.807) is 0 Å². The minimum absolute atomic E-state index is 0.116. The van der Waals surface area contributed by atoms with Gasteiger partial charge in [-0.05, 0) is 47.6 Å². The lowest BCUT2D eigenvalue weighted by Gasteiger charge is -2.20. The zero-order chi connectivity index (χ0) is 15.6. The van der Waals surface area contributed by atoms with Crippen LogP contribution in [0, 0.1) is 6.92 Å². The molecule has 0 bridgehead atoms. The van der Waals surface area contributed by atoms with E-state index in [1.807, 2.05) is 15.6 Å². The van der Waals surface area contributed by atoms with Gasteiger partial charge in [0.15, 0.2) is 0 Å². The largest absolute Gasteiger partial charge is 0.308 e. The van der Waals surface area contributed by atoms with Crippen LogP contribution in [-0.2, 0) is 13.1 Å². The Morgan fingerprint density at radius 2 is 1.95 bits per heavy atom. The second-order valence-electron chi connectivity index (χ2n) is 6.92. The summed E-state index contributed by atoms with van der Waals surface area (Å²) < 4.78 is 3.95. The summed E-state index contributed by atoms with van der Waals surface area (Å²) in [6, 6.07) is 2.45. The fourth-order valence-electron chi connectivity index (χ4n) is 2.09.